The maximum absolute atomic E-state index is 7.57. The van der Waals surface area contributed by atoms with Gasteiger partial charge in [0.1, 0.15) is 0 Å². The van der Waals surface area contributed by atoms with Crippen molar-refractivity contribution in [2.24, 2.45) is 0 Å². The van der Waals surface area contributed by atoms with Crippen LogP contribution in [0.25, 0.3) is 0 Å². The molecule has 0 aliphatic heterocycles. The van der Waals surface area contributed by atoms with Gasteiger partial charge in [-0.2, -0.15) is 20.8 Å². The summed E-state index contributed by atoms with van der Waals surface area (Å²) in [5.74, 6) is 1.42. The minimum Gasteiger partial charge on any atom is -0.397 e. The maximum atomic E-state index is 7.57. The molecule has 0 saturated carbocycles. The molecular weight excluding hydrogens is 216 g/mol. The summed E-state index contributed by atoms with van der Waals surface area (Å²) in [6, 6.07) is 0. The fourth-order valence-electron chi connectivity index (χ4n) is 0. The summed E-state index contributed by atoms with van der Waals surface area (Å²) in [6.07, 6.45) is 0. The normalized spacial score (nSPS) is 6.43. The van der Waals surface area contributed by atoms with E-state index in [9.17, 15) is 0 Å². The monoisotopic (exact) mass is 243 g/mol. The van der Waals surface area contributed by atoms with Crippen LogP contribution < -0.4 is 0 Å². The Bertz CT molecular complexity index is 36.8. The van der Waals surface area contributed by atoms with Gasteiger partial charge in [-0.3, -0.25) is 0 Å². The first kappa shape index (κ1) is 29.3. The molecule has 0 aromatic heterocycles. The standard InChI is InChI=1S/C4H9.3C2H6O.Ti/c1-4(2)3;3*1-2-3;/h1-3H3;3*3H,2H2,1H3;/q-1;;;;. The molecule has 3 N–H and O–H groups in total. The SMILES string of the molecule is CCO.CCO.CCO.C[C-](C)C.[Ti]. The van der Waals surface area contributed by atoms with E-state index >= 15 is 0 Å². The second-order valence-corrected chi connectivity index (χ2v) is 2.45. The van der Waals surface area contributed by atoms with E-state index in [2.05, 4.69) is 20.8 Å². The smallest absolute Gasteiger partial charge is 0.0402 e. The molecule has 0 aliphatic carbocycles. The van der Waals surface area contributed by atoms with Gasteiger partial charge in [-0.15, -0.1) is 0 Å². The number of aliphatic hydroxyl groups is 3. The van der Waals surface area contributed by atoms with Crippen molar-refractivity contribution in [2.75, 3.05) is 19.8 Å². The Hall–Kier alpha value is 0.594. The van der Waals surface area contributed by atoms with Crippen molar-refractivity contribution in [3.8, 4) is 0 Å². The van der Waals surface area contributed by atoms with E-state index in [4.69, 9.17) is 15.3 Å². The third-order valence-electron chi connectivity index (χ3n) is 0. The Morgan fingerprint density at radius 2 is 0.714 bits per heavy atom. The Labute approximate surface area is 104 Å². The summed E-state index contributed by atoms with van der Waals surface area (Å²) in [6.45, 7) is 12.0. The molecule has 3 nitrogen and oxygen atoms in total. The van der Waals surface area contributed by atoms with Gasteiger partial charge < -0.3 is 21.2 Å². The van der Waals surface area contributed by atoms with Gasteiger partial charge in [0.2, 0.25) is 0 Å². The van der Waals surface area contributed by atoms with Gasteiger partial charge >= 0.3 is 0 Å². The van der Waals surface area contributed by atoms with Crippen molar-refractivity contribution < 1.29 is 37.0 Å². The molecule has 0 aliphatic rings. The van der Waals surface area contributed by atoms with E-state index in [0.717, 1.165) is 0 Å². The van der Waals surface area contributed by atoms with Gasteiger partial charge in [-0.25, -0.2) is 0 Å². The topological polar surface area (TPSA) is 60.7 Å². The second kappa shape index (κ2) is 49.6. The van der Waals surface area contributed by atoms with Crippen LogP contribution in [0.2, 0.25) is 0 Å². The van der Waals surface area contributed by atoms with Gasteiger partial charge in [-0.05, 0) is 20.8 Å². The van der Waals surface area contributed by atoms with Crippen LogP contribution in [0.15, 0.2) is 0 Å². The Kier molecular flexibility index (Phi) is 104. The summed E-state index contributed by atoms with van der Waals surface area (Å²) in [5, 5.41) is 22.7. The average molecular weight is 243 g/mol. The van der Waals surface area contributed by atoms with Crippen molar-refractivity contribution in [3.05, 3.63) is 5.92 Å². The third kappa shape index (κ3) is 4790. The molecule has 4 heteroatoms. The Morgan fingerprint density at radius 1 is 0.714 bits per heavy atom. The van der Waals surface area contributed by atoms with E-state index in [0.29, 0.717) is 0 Å². The first-order valence-corrected chi connectivity index (χ1v) is 4.57. The number of aliphatic hydroxyl groups excluding tert-OH is 3. The Morgan fingerprint density at radius 3 is 0.714 bits per heavy atom. The molecule has 0 amide bonds. The minimum atomic E-state index is 0. The fourth-order valence-corrected chi connectivity index (χ4v) is 0. The molecule has 0 aromatic carbocycles. The average Bonchev–Trinajstić information content (AvgIpc) is 1.88. The van der Waals surface area contributed by atoms with Gasteiger partial charge in [-0.1, -0.05) is 0 Å². The molecular formula is C10H27O3Ti-. The predicted octanol–water partition coefficient (Wildman–Crippen LogP) is 1.61. The minimum absolute atomic E-state index is 0. The van der Waals surface area contributed by atoms with Crippen molar-refractivity contribution in [1.29, 1.82) is 0 Å². The number of hydrogen-bond acceptors (Lipinski definition) is 3. The van der Waals surface area contributed by atoms with Crippen LogP contribution in [0.3, 0.4) is 0 Å². The molecule has 0 spiro atoms. The molecule has 0 bridgehead atoms. The van der Waals surface area contributed by atoms with Crippen LogP contribution in [0.4, 0.5) is 0 Å². The molecule has 0 aromatic rings. The molecule has 0 atom stereocenters. The van der Waals surface area contributed by atoms with Gasteiger partial charge in [0.15, 0.2) is 0 Å². The van der Waals surface area contributed by atoms with Crippen LogP contribution in [-0.2, 0) is 21.7 Å². The van der Waals surface area contributed by atoms with E-state index in [1.54, 1.807) is 20.8 Å². The largest absolute Gasteiger partial charge is 0.397 e. The first-order valence-electron chi connectivity index (χ1n) is 4.57. The summed E-state index contributed by atoms with van der Waals surface area (Å²) < 4.78 is 0. The van der Waals surface area contributed by atoms with E-state index in [-0.39, 0.29) is 41.5 Å². The quantitative estimate of drug-likeness (QED) is 0.447. The summed E-state index contributed by atoms with van der Waals surface area (Å²) >= 11 is 0. The van der Waals surface area contributed by atoms with Gasteiger partial charge in [0.05, 0.1) is 0 Å². The van der Waals surface area contributed by atoms with Crippen molar-refractivity contribution in [1.82, 2.24) is 0 Å². The van der Waals surface area contributed by atoms with Crippen molar-refractivity contribution in [2.45, 2.75) is 41.5 Å². The van der Waals surface area contributed by atoms with Crippen LogP contribution in [0, 0.1) is 5.92 Å². The zero-order valence-electron chi connectivity index (χ0n) is 10.5. The zero-order valence-corrected chi connectivity index (χ0v) is 12.0. The van der Waals surface area contributed by atoms with Gasteiger partial charge in [0, 0.05) is 41.5 Å². The Balaban J connectivity index is -0.0000000254. The molecule has 0 heterocycles. The summed E-state index contributed by atoms with van der Waals surface area (Å²) in [5.41, 5.74) is 0. The van der Waals surface area contributed by atoms with E-state index < -0.39 is 0 Å². The van der Waals surface area contributed by atoms with Crippen LogP contribution >= 0.6 is 0 Å². The van der Waals surface area contributed by atoms with Crippen molar-refractivity contribution >= 4 is 0 Å². The molecule has 0 unspecified atom stereocenters. The number of rotatable bonds is 0. The molecule has 90 valence electrons. The zero-order chi connectivity index (χ0) is 11.7. The molecule has 0 saturated heterocycles. The first-order chi connectivity index (χ1) is 5.97. The maximum Gasteiger partial charge on any atom is 0.0402 e. The molecule has 0 radical (unpaired) electrons. The summed E-state index contributed by atoms with van der Waals surface area (Å²) in [4.78, 5) is 0. The third-order valence-corrected chi connectivity index (χ3v) is 0. The van der Waals surface area contributed by atoms with E-state index in [1.807, 2.05) is 0 Å². The number of hydrogen-bond donors (Lipinski definition) is 3. The molecule has 14 heavy (non-hydrogen) atoms. The molecule has 0 rings (SSSR count). The van der Waals surface area contributed by atoms with Gasteiger partial charge in [0.25, 0.3) is 0 Å². The van der Waals surface area contributed by atoms with Crippen LogP contribution in [0.1, 0.15) is 41.5 Å². The van der Waals surface area contributed by atoms with Crippen LogP contribution in [-0.4, -0.2) is 35.1 Å². The molecule has 0 fully saturated rings. The second-order valence-electron chi connectivity index (χ2n) is 2.45. The predicted molar refractivity (Wildman–Crippen MR) is 58.5 cm³/mol. The van der Waals surface area contributed by atoms with E-state index in [1.165, 1.54) is 5.92 Å². The van der Waals surface area contributed by atoms with Crippen LogP contribution in [0.5, 0.6) is 0 Å². The van der Waals surface area contributed by atoms with Crippen molar-refractivity contribution in [3.63, 3.8) is 0 Å². The fraction of sp³-hybridized carbons (Fsp3) is 0.900. The summed E-state index contributed by atoms with van der Waals surface area (Å²) in [7, 11) is 0.